The van der Waals surface area contributed by atoms with Crippen LogP contribution in [0.25, 0.3) is 0 Å². The summed E-state index contributed by atoms with van der Waals surface area (Å²) in [5.74, 6) is 0.129. The molecule has 2 rings (SSSR count). The van der Waals surface area contributed by atoms with E-state index < -0.39 is 5.56 Å². The average Bonchev–Trinajstić information content (AvgIpc) is 2.53. The number of hydrogen-bond donors (Lipinski definition) is 0. The van der Waals surface area contributed by atoms with Crippen LogP contribution in [0.15, 0.2) is 29.1 Å². The molecule has 6 heteroatoms. The monoisotopic (exact) mass is 297 g/mol. The fourth-order valence-electron chi connectivity index (χ4n) is 2.11. The second-order valence-corrected chi connectivity index (χ2v) is 4.78. The third-order valence-corrected chi connectivity index (χ3v) is 3.45. The van der Waals surface area contributed by atoms with Gasteiger partial charge in [0.2, 0.25) is 0 Å². The Hall–Kier alpha value is -2.94. The zero-order valence-corrected chi connectivity index (χ0v) is 12.6. The van der Waals surface area contributed by atoms with E-state index in [1.54, 1.807) is 38.1 Å². The van der Waals surface area contributed by atoms with Gasteiger partial charge in [0.15, 0.2) is 5.78 Å². The van der Waals surface area contributed by atoms with Crippen molar-refractivity contribution in [1.29, 1.82) is 5.26 Å². The summed E-state index contributed by atoms with van der Waals surface area (Å²) < 4.78 is 6.16. The molecule has 0 atom stereocenters. The van der Waals surface area contributed by atoms with E-state index in [4.69, 9.17) is 10.00 Å². The van der Waals surface area contributed by atoms with Gasteiger partial charge >= 0.3 is 0 Å². The van der Waals surface area contributed by atoms with E-state index in [1.165, 1.54) is 7.11 Å². The van der Waals surface area contributed by atoms with Gasteiger partial charge in [0, 0.05) is 0 Å². The Labute approximate surface area is 127 Å². The fourth-order valence-corrected chi connectivity index (χ4v) is 2.11. The van der Waals surface area contributed by atoms with Gasteiger partial charge in [-0.2, -0.15) is 10.4 Å². The van der Waals surface area contributed by atoms with E-state index in [-0.39, 0.29) is 17.9 Å². The minimum atomic E-state index is -0.561. The number of hydrogen-bond acceptors (Lipinski definition) is 5. The van der Waals surface area contributed by atoms with Crippen LogP contribution >= 0.6 is 0 Å². The highest BCUT2D eigenvalue weighted by Gasteiger charge is 2.17. The summed E-state index contributed by atoms with van der Waals surface area (Å²) in [4.78, 5) is 24.6. The molecule has 6 nitrogen and oxygen atoms in total. The smallest absolute Gasteiger partial charge is 0.285 e. The Kier molecular flexibility index (Phi) is 4.37. The lowest BCUT2D eigenvalue weighted by Crippen LogP contribution is -2.30. The number of nitriles is 1. The van der Waals surface area contributed by atoms with Crippen molar-refractivity contribution < 1.29 is 9.53 Å². The van der Waals surface area contributed by atoms with Gasteiger partial charge in [0.05, 0.1) is 18.4 Å². The molecule has 1 aromatic carbocycles. The molecule has 0 saturated heterocycles. The molecule has 1 aromatic heterocycles. The van der Waals surface area contributed by atoms with Crippen LogP contribution in [0.3, 0.4) is 0 Å². The highest BCUT2D eigenvalue weighted by atomic mass is 16.5. The Morgan fingerprint density at radius 1 is 1.36 bits per heavy atom. The number of para-hydroxylation sites is 1. The van der Waals surface area contributed by atoms with Crippen LogP contribution in [0.4, 0.5) is 0 Å². The number of aryl methyl sites for hydroxylation is 1. The summed E-state index contributed by atoms with van der Waals surface area (Å²) in [5.41, 5.74) is 0.905. The van der Waals surface area contributed by atoms with Crippen molar-refractivity contribution in [2.24, 2.45) is 0 Å². The summed E-state index contributed by atoms with van der Waals surface area (Å²) in [7, 11) is 1.47. The van der Waals surface area contributed by atoms with Crippen LogP contribution in [0.2, 0.25) is 0 Å². The standard InChI is InChI=1S/C16H15N3O3/c1-10-11(2)18-19(16(21)13(10)8-17)9-14(20)12-6-4-5-7-15(12)22-3/h4-7H,9H2,1-3H3. The Morgan fingerprint density at radius 2 is 2.05 bits per heavy atom. The number of nitrogens with zero attached hydrogens (tertiary/aromatic N) is 3. The molecule has 2 aromatic rings. The zero-order chi connectivity index (χ0) is 16.3. The Bertz CT molecular complexity index is 832. The maximum Gasteiger partial charge on any atom is 0.285 e. The average molecular weight is 297 g/mol. The number of methoxy groups -OCH3 is 1. The third kappa shape index (κ3) is 2.74. The number of carbonyl (C=O) groups is 1. The van der Waals surface area contributed by atoms with Gasteiger partial charge in [-0.1, -0.05) is 12.1 Å². The first-order valence-corrected chi connectivity index (χ1v) is 6.64. The third-order valence-electron chi connectivity index (χ3n) is 3.45. The fraction of sp³-hybridized carbons (Fsp3) is 0.250. The molecule has 0 unspecified atom stereocenters. The van der Waals surface area contributed by atoms with Crippen molar-refractivity contribution in [1.82, 2.24) is 9.78 Å². The molecule has 1 heterocycles. The van der Waals surface area contributed by atoms with Gasteiger partial charge in [0.25, 0.3) is 5.56 Å². The summed E-state index contributed by atoms with van der Waals surface area (Å²) in [5, 5.41) is 13.2. The van der Waals surface area contributed by atoms with E-state index in [0.717, 1.165) is 4.68 Å². The van der Waals surface area contributed by atoms with Crippen LogP contribution in [0.1, 0.15) is 27.2 Å². The number of Topliss-reactive ketones (excluding diaryl/α,β-unsaturated/α-hetero) is 1. The number of rotatable bonds is 4. The number of aromatic nitrogens is 2. The SMILES string of the molecule is COc1ccccc1C(=O)Cn1nc(C)c(C)c(C#N)c1=O. The van der Waals surface area contributed by atoms with Crippen LogP contribution in [0, 0.1) is 25.2 Å². The Balaban J connectivity index is 2.44. The molecule has 0 aliphatic carbocycles. The van der Waals surface area contributed by atoms with Crippen molar-refractivity contribution in [2.45, 2.75) is 20.4 Å². The molecule has 0 N–H and O–H groups in total. The highest BCUT2D eigenvalue weighted by molar-refractivity contribution is 5.98. The molecule has 0 aliphatic heterocycles. The number of carbonyl (C=O) groups excluding carboxylic acids is 1. The molecule has 0 bridgehead atoms. The lowest BCUT2D eigenvalue weighted by atomic mass is 10.1. The first-order chi connectivity index (χ1) is 10.5. The summed E-state index contributed by atoms with van der Waals surface area (Å²) in [6.07, 6.45) is 0. The molecule has 112 valence electrons. The summed E-state index contributed by atoms with van der Waals surface area (Å²) >= 11 is 0. The molecule has 0 spiro atoms. The van der Waals surface area contributed by atoms with Gasteiger partial charge in [-0.15, -0.1) is 0 Å². The summed E-state index contributed by atoms with van der Waals surface area (Å²) in [6, 6.07) is 8.63. The predicted molar refractivity (Wildman–Crippen MR) is 80.0 cm³/mol. The van der Waals surface area contributed by atoms with Gasteiger partial charge in [-0.25, -0.2) is 4.68 Å². The number of ketones is 1. The maximum absolute atomic E-state index is 12.4. The lowest BCUT2D eigenvalue weighted by molar-refractivity contribution is 0.0962. The lowest BCUT2D eigenvalue weighted by Gasteiger charge is -2.10. The molecular formula is C16H15N3O3. The van der Waals surface area contributed by atoms with Crippen molar-refractivity contribution in [3.05, 3.63) is 57.0 Å². The number of ether oxygens (including phenoxy) is 1. The molecule has 0 saturated carbocycles. The van der Waals surface area contributed by atoms with Crippen LogP contribution in [-0.2, 0) is 6.54 Å². The van der Waals surface area contributed by atoms with Crippen LogP contribution in [0.5, 0.6) is 5.75 Å². The maximum atomic E-state index is 12.4. The van der Waals surface area contributed by atoms with Gasteiger partial charge < -0.3 is 4.74 Å². The molecular weight excluding hydrogens is 282 g/mol. The second kappa shape index (κ2) is 6.22. The van der Waals surface area contributed by atoms with Crippen LogP contribution < -0.4 is 10.3 Å². The van der Waals surface area contributed by atoms with Crippen molar-refractivity contribution in [3.8, 4) is 11.8 Å². The summed E-state index contributed by atoms with van der Waals surface area (Å²) in [6.45, 7) is 3.11. The first kappa shape index (κ1) is 15.4. The predicted octanol–water partition coefficient (Wildman–Crippen LogP) is 1.62. The molecule has 0 amide bonds. The topological polar surface area (TPSA) is 85.0 Å². The molecule has 22 heavy (non-hydrogen) atoms. The van der Waals surface area contributed by atoms with E-state index >= 15 is 0 Å². The van der Waals surface area contributed by atoms with Crippen molar-refractivity contribution >= 4 is 5.78 Å². The highest BCUT2D eigenvalue weighted by Crippen LogP contribution is 2.18. The quantitative estimate of drug-likeness (QED) is 0.801. The van der Waals surface area contributed by atoms with Crippen molar-refractivity contribution in [3.63, 3.8) is 0 Å². The van der Waals surface area contributed by atoms with E-state index in [2.05, 4.69) is 5.10 Å². The van der Waals surface area contributed by atoms with Crippen molar-refractivity contribution in [2.75, 3.05) is 7.11 Å². The van der Waals surface area contributed by atoms with Gasteiger partial charge in [0.1, 0.15) is 23.9 Å². The Morgan fingerprint density at radius 3 is 2.68 bits per heavy atom. The van der Waals surface area contributed by atoms with E-state index in [9.17, 15) is 9.59 Å². The van der Waals surface area contributed by atoms with Gasteiger partial charge in [-0.05, 0) is 31.5 Å². The minimum absolute atomic E-state index is 0.0142. The van der Waals surface area contributed by atoms with E-state index in [0.29, 0.717) is 22.6 Å². The first-order valence-electron chi connectivity index (χ1n) is 6.64. The van der Waals surface area contributed by atoms with Crippen LogP contribution in [-0.4, -0.2) is 22.7 Å². The minimum Gasteiger partial charge on any atom is -0.496 e. The molecule has 0 radical (unpaired) electrons. The van der Waals surface area contributed by atoms with Gasteiger partial charge in [-0.3, -0.25) is 9.59 Å². The normalized spacial score (nSPS) is 10.1. The van der Waals surface area contributed by atoms with E-state index in [1.807, 2.05) is 6.07 Å². The number of benzene rings is 1. The molecule has 0 aliphatic rings. The largest absolute Gasteiger partial charge is 0.496 e. The zero-order valence-electron chi connectivity index (χ0n) is 12.6. The molecule has 0 fully saturated rings. The second-order valence-electron chi connectivity index (χ2n) is 4.78.